The van der Waals surface area contributed by atoms with Gasteiger partial charge in [0.1, 0.15) is 6.33 Å². The van der Waals surface area contributed by atoms with Crippen molar-refractivity contribution in [3.63, 3.8) is 0 Å². The van der Waals surface area contributed by atoms with E-state index in [4.69, 9.17) is 5.11 Å². The number of rotatable bonds is 5. The molecule has 0 saturated carbocycles. The fourth-order valence-electron chi connectivity index (χ4n) is 1.43. The van der Waals surface area contributed by atoms with Gasteiger partial charge in [-0.3, -0.25) is 0 Å². The van der Waals surface area contributed by atoms with Gasteiger partial charge in [-0.15, -0.1) is 0 Å². The van der Waals surface area contributed by atoms with Crippen molar-refractivity contribution in [1.82, 2.24) is 24.8 Å². The van der Waals surface area contributed by atoms with Gasteiger partial charge in [-0.2, -0.15) is 0 Å². The van der Waals surface area contributed by atoms with E-state index < -0.39 is 12.0 Å². The lowest BCUT2D eigenvalue weighted by Gasteiger charge is -2.07. The first-order valence-electron chi connectivity index (χ1n) is 5.70. The highest BCUT2D eigenvalue weighted by Gasteiger charge is 2.06. The Balaban J connectivity index is 1.75. The first-order valence-corrected chi connectivity index (χ1v) is 5.70. The Morgan fingerprint density at radius 2 is 2.05 bits per heavy atom. The first-order chi connectivity index (χ1) is 9.65. The van der Waals surface area contributed by atoms with Gasteiger partial charge in [0, 0.05) is 19.3 Å². The number of carboxylic acid groups (broad SMARTS) is 1. The van der Waals surface area contributed by atoms with E-state index >= 15 is 0 Å². The number of aromatic nitrogens is 4. The van der Waals surface area contributed by atoms with Crippen LogP contribution in [0.25, 0.3) is 0 Å². The van der Waals surface area contributed by atoms with Crippen molar-refractivity contribution in [2.45, 2.75) is 6.54 Å². The number of carbonyl (C=O) groups is 2. The van der Waals surface area contributed by atoms with Gasteiger partial charge in [-0.05, 0) is 0 Å². The zero-order valence-corrected chi connectivity index (χ0v) is 10.4. The second-order valence-electron chi connectivity index (χ2n) is 3.81. The molecule has 2 aromatic heterocycles. The van der Waals surface area contributed by atoms with Crippen molar-refractivity contribution in [2.75, 3.05) is 11.9 Å². The van der Waals surface area contributed by atoms with Gasteiger partial charge in [0.25, 0.3) is 0 Å². The normalized spacial score (nSPS) is 10.0. The lowest BCUT2D eigenvalue weighted by molar-refractivity contribution is 0.0691. The molecule has 0 aliphatic heterocycles. The second kappa shape index (κ2) is 6.27. The number of carboxylic acids is 1. The summed E-state index contributed by atoms with van der Waals surface area (Å²) in [7, 11) is 0. The number of nitrogens with one attached hydrogen (secondary N) is 2. The molecule has 0 atom stereocenters. The summed E-state index contributed by atoms with van der Waals surface area (Å²) in [5.74, 6) is -1.08. The van der Waals surface area contributed by atoms with Gasteiger partial charge >= 0.3 is 12.0 Å². The number of amides is 2. The molecule has 9 nitrogen and oxygen atoms in total. The van der Waals surface area contributed by atoms with Crippen LogP contribution < -0.4 is 10.6 Å². The molecular weight excluding hydrogens is 264 g/mol. The van der Waals surface area contributed by atoms with Gasteiger partial charge in [-0.1, -0.05) is 0 Å². The van der Waals surface area contributed by atoms with Crippen LogP contribution in [0.1, 0.15) is 10.5 Å². The molecule has 0 aliphatic rings. The average molecular weight is 276 g/mol. The SMILES string of the molecule is O=C(NCCn1cnc(C(=O)O)c1)Nc1cncnc1. The van der Waals surface area contributed by atoms with E-state index in [1.165, 1.54) is 31.2 Å². The van der Waals surface area contributed by atoms with E-state index in [0.717, 1.165) is 0 Å². The van der Waals surface area contributed by atoms with Crippen molar-refractivity contribution in [3.05, 3.63) is 36.9 Å². The standard InChI is InChI=1S/C11H12N6O3/c18-10(19)9-5-17(7-15-9)2-1-14-11(20)16-8-3-12-6-13-4-8/h3-7H,1-2H2,(H,18,19)(H2,14,16,20). The minimum Gasteiger partial charge on any atom is -0.476 e. The minimum absolute atomic E-state index is 0.0316. The Bertz CT molecular complexity index is 597. The summed E-state index contributed by atoms with van der Waals surface area (Å²) in [5, 5.41) is 13.9. The van der Waals surface area contributed by atoms with Gasteiger partial charge in [0.2, 0.25) is 0 Å². The number of aromatic carboxylic acids is 1. The summed E-state index contributed by atoms with van der Waals surface area (Å²) in [4.78, 5) is 33.4. The zero-order valence-electron chi connectivity index (χ0n) is 10.4. The molecule has 3 N–H and O–H groups in total. The summed E-state index contributed by atoms with van der Waals surface area (Å²) < 4.78 is 1.58. The zero-order chi connectivity index (χ0) is 14.4. The summed E-state index contributed by atoms with van der Waals surface area (Å²) in [5.41, 5.74) is 0.455. The Hall–Kier alpha value is -2.97. The fourth-order valence-corrected chi connectivity index (χ4v) is 1.43. The molecule has 0 aliphatic carbocycles. The number of carbonyl (C=O) groups excluding carboxylic acids is 1. The maximum Gasteiger partial charge on any atom is 0.356 e. The molecule has 0 spiro atoms. The number of imidazole rings is 1. The predicted octanol–water partition coefficient (Wildman–Crippen LogP) is 0.193. The number of nitrogens with zero attached hydrogens (tertiary/aromatic N) is 4. The average Bonchev–Trinajstić information content (AvgIpc) is 2.89. The Kier molecular flexibility index (Phi) is 4.22. The third-order valence-corrected chi connectivity index (χ3v) is 2.33. The smallest absolute Gasteiger partial charge is 0.356 e. The van der Waals surface area contributed by atoms with Crippen LogP contribution in [0.3, 0.4) is 0 Å². The van der Waals surface area contributed by atoms with Gasteiger partial charge in [0.05, 0.1) is 24.4 Å². The minimum atomic E-state index is -1.08. The van der Waals surface area contributed by atoms with Gasteiger partial charge < -0.3 is 20.3 Å². The first kappa shape index (κ1) is 13.5. The van der Waals surface area contributed by atoms with E-state index in [9.17, 15) is 9.59 Å². The molecule has 0 radical (unpaired) electrons. The molecule has 0 unspecified atom stereocenters. The molecule has 104 valence electrons. The van der Waals surface area contributed by atoms with Crippen molar-refractivity contribution >= 4 is 17.7 Å². The maximum atomic E-state index is 11.5. The number of anilines is 1. The molecule has 0 aromatic carbocycles. The lowest BCUT2D eigenvalue weighted by Crippen LogP contribution is -2.31. The molecule has 2 heterocycles. The van der Waals surface area contributed by atoms with Gasteiger partial charge in [0.15, 0.2) is 5.69 Å². The van der Waals surface area contributed by atoms with Crippen molar-refractivity contribution < 1.29 is 14.7 Å². The highest BCUT2D eigenvalue weighted by molar-refractivity contribution is 5.88. The highest BCUT2D eigenvalue weighted by Crippen LogP contribution is 1.99. The van der Waals surface area contributed by atoms with Crippen molar-refractivity contribution in [3.8, 4) is 0 Å². The van der Waals surface area contributed by atoms with E-state index in [1.807, 2.05) is 0 Å². The molecule has 20 heavy (non-hydrogen) atoms. The Morgan fingerprint density at radius 3 is 2.70 bits per heavy atom. The Labute approximate surface area is 113 Å². The number of hydrogen-bond acceptors (Lipinski definition) is 5. The largest absolute Gasteiger partial charge is 0.476 e. The molecular formula is C11H12N6O3. The van der Waals surface area contributed by atoms with Gasteiger partial charge in [-0.25, -0.2) is 24.5 Å². The second-order valence-corrected chi connectivity index (χ2v) is 3.81. The highest BCUT2D eigenvalue weighted by atomic mass is 16.4. The van der Waals surface area contributed by atoms with Crippen molar-refractivity contribution in [1.29, 1.82) is 0 Å². The van der Waals surface area contributed by atoms with E-state index in [0.29, 0.717) is 18.8 Å². The summed E-state index contributed by atoms with van der Waals surface area (Å²) in [6.07, 6.45) is 7.10. The fraction of sp³-hybridized carbons (Fsp3) is 0.182. The summed E-state index contributed by atoms with van der Waals surface area (Å²) in [6.45, 7) is 0.744. The predicted molar refractivity (Wildman–Crippen MR) is 68.2 cm³/mol. The monoisotopic (exact) mass is 276 g/mol. The molecule has 2 amide bonds. The molecule has 0 bridgehead atoms. The molecule has 0 saturated heterocycles. The maximum absolute atomic E-state index is 11.5. The van der Waals surface area contributed by atoms with Crippen LogP contribution in [-0.2, 0) is 6.54 Å². The van der Waals surface area contributed by atoms with E-state index in [-0.39, 0.29) is 5.69 Å². The molecule has 2 rings (SSSR count). The van der Waals surface area contributed by atoms with Crippen LogP contribution in [0, 0.1) is 0 Å². The quantitative estimate of drug-likeness (QED) is 0.716. The van der Waals surface area contributed by atoms with Crippen LogP contribution in [-0.4, -0.2) is 43.2 Å². The van der Waals surface area contributed by atoms with Crippen LogP contribution in [0.5, 0.6) is 0 Å². The number of hydrogen-bond donors (Lipinski definition) is 3. The molecule has 0 fully saturated rings. The third-order valence-electron chi connectivity index (χ3n) is 2.33. The van der Waals surface area contributed by atoms with E-state index in [2.05, 4.69) is 25.6 Å². The van der Waals surface area contributed by atoms with Crippen LogP contribution in [0.2, 0.25) is 0 Å². The van der Waals surface area contributed by atoms with Crippen molar-refractivity contribution in [2.24, 2.45) is 0 Å². The topological polar surface area (TPSA) is 122 Å². The lowest BCUT2D eigenvalue weighted by atomic mass is 10.5. The summed E-state index contributed by atoms with van der Waals surface area (Å²) >= 11 is 0. The Morgan fingerprint density at radius 1 is 1.30 bits per heavy atom. The van der Waals surface area contributed by atoms with Crippen LogP contribution >= 0.6 is 0 Å². The molecule has 9 heteroatoms. The molecule has 2 aromatic rings. The van der Waals surface area contributed by atoms with Crippen LogP contribution in [0.15, 0.2) is 31.2 Å². The third kappa shape index (κ3) is 3.77. The van der Waals surface area contributed by atoms with Crippen LogP contribution in [0.4, 0.5) is 10.5 Å². The summed E-state index contributed by atoms with van der Waals surface area (Å²) in [6, 6.07) is -0.390. The van der Waals surface area contributed by atoms with E-state index in [1.54, 1.807) is 4.57 Å². The number of urea groups is 1.